The molecule has 0 radical (unpaired) electrons. The second-order valence-electron chi connectivity index (χ2n) is 3.90. The predicted octanol–water partition coefficient (Wildman–Crippen LogP) is 2.96. The van der Waals surface area contributed by atoms with E-state index in [-0.39, 0.29) is 12.2 Å². The van der Waals surface area contributed by atoms with E-state index in [1.165, 1.54) is 0 Å². The Balaban J connectivity index is 3.91. The average molecular weight is 213 g/mol. The summed E-state index contributed by atoms with van der Waals surface area (Å²) >= 11 is 0. The Morgan fingerprint density at radius 1 is 1.07 bits per heavy atom. The van der Waals surface area contributed by atoms with Gasteiger partial charge in [0.2, 0.25) is 0 Å². The third-order valence-corrected chi connectivity index (χ3v) is 2.39. The van der Waals surface area contributed by atoms with Crippen LogP contribution < -0.4 is 0 Å². The molecule has 3 nitrogen and oxygen atoms in total. The first kappa shape index (κ1) is 14.4. The Kier molecular flexibility index (Phi) is 8.35. The van der Waals surface area contributed by atoms with E-state index in [1.54, 1.807) is 0 Å². The molecule has 0 aromatic rings. The second-order valence-corrected chi connectivity index (χ2v) is 3.90. The monoisotopic (exact) mass is 213 g/mol. The summed E-state index contributed by atoms with van der Waals surface area (Å²) in [7, 11) is 0. The smallest absolute Gasteiger partial charge is 0.157 e. The number of hydrogen-bond donors (Lipinski definition) is 0. The van der Waals surface area contributed by atoms with Crippen molar-refractivity contribution < 1.29 is 9.47 Å². The lowest BCUT2D eigenvalue weighted by Gasteiger charge is -2.19. The molecular weight excluding hydrogens is 190 g/mol. The van der Waals surface area contributed by atoms with Crippen molar-refractivity contribution in [1.82, 2.24) is 0 Å². The molecular formula is C12H23NO2. The van der Waals surface area contributed by atoms with Crippen LogP contribution in [0.3, 0.4) is 0 Å². The molecule has 0 N–H and O–H groups in total. The van der Waals surface area contributed by atoms with Crippen LogP contribution in [0.15, 0.2) is 0 Å². The molecule has 0 aromatic heterocycles. The van der Waals surface area contributed by atoms with E-state index >= 15 is 0 Å². The fourth-order valence-electron chi connectivity index (χ4n) is 1.45. The van der Waals surface area contributed by atoms with Crippen molar-refractivity contribution in [3.63, 3.8) is 0 Å². The zero-order valence-electron chi connectivity index (χ0n) is 10.3. The lowest BCUT2D eigenvalue weighted by Crippen LogP contribution is -2.19. The topological polar surface area (TPSA) is 42.2 Å². The molecule has 0 aliphatic heterocycles. The number of nitrogens with zero attached hydrogens (tertiary/aromatic N) is 1. The molecule has 15 heavy (non-hydrogen) atoms. The maximum Gasteiger partial charge on any atom is 0.157 e. The lowest BCUT2D eigenvalue weighted by molar-refractivity contribution is -0.141. The van der Waals surface area contributed by atoms with E-state index in [9.17, 15) is 0 Å². The quantitative estimate of drug-likeness (QED) is 0.582. The summed E-state index contributed by atoms with van der Waals surface area (Å²) in [6.45, 7) is 9.37. The summed E-state index contributed by atoms with van der Waals surface area (Å²) in [5.41, 5.74) is 0. The van der Waals surface area contributed by atoms with Crippen LogP contribution in [0.25, 0.3) is 0 Å². The van der Waals surface area contributed by atoms with Crippen LogP contribution in [0.5, 0.6) is 0 Å². The summed E-state index contributed by atoms with van der Waals surface area (Å²) < 4.78 is 10.9. The molecule has 0 unspecified atom stereocenters. The number of ether oxygens (including phenoxy) is 2. The van der Waals surface area contributed by atoms with E-state index in [0.29, 0.717) is 19.1 Å². The molecule has 0 bridgehead atoms. The summed E-state index contributed by atoms with van der Waals surface area (Å²) in [6.07, 6.45) is 1.51. The van der Waals surface area contributed by atoms with Crippen LogP contribution in [0, 0.1) is 23.2 Å². The van der Waals surface area contributed by atoms with Gasteiger partial charge >= 0.3 is 0 Å². The molecule has 0 rings (SSSR count). The van der Waals surface area contributed by atoms with Crippen LogP contribution in [-0.2, 0) is 9.47 Å². The molecule has 1 atom stereocenters. The van der Waals surface area contributed by atoms with Gasteiger partial charge in [-0.3, -0.25) is 0 Å². The van der Waals surface area contributed by atoms with Gasteiger partial charge in [0.05, 0.1) is 6.07 Å². The molecule has 3 heteroatoms. The third-order valence-electron chi connectivity index (χ3n) is 2.39. The van der Waals surface area contributed by atoms with Gasteiger partial charge < -0.3 is 9.47 Å². The van der Waals surface area contributed by atoms with Crippen molar-refractivity contribution in [3.8, 4) is 6.07 Å². The molecule has 0 amide bonds. The first-order valence-electron chi connectivity index (χ1n) is 5.78. The van der Waals surface area contributed by atoms with Crippen molar-refractivity contribution in [2.24, 2.45) is 11.8 Å². The normalized spacial score (nSPS) is 13.1. The van der Waals surface area contributed by atoms with Gasteiger partial charge in [0.1, 0.15) is 0 Å². The van der Waals surface area contributed by atoms with Gasteiger partial charge in [0.15, 0.2) is 6.29 Å². The molecule has 0 aliphatic rings. The zero-order valence-corrected chi connectivity index (χ0v) is 10.3. The van der Waals surface area contributed by atoms with Crippen molar-refractivity contribution in [2.45, 2.75) is 46.8 Å². The van der Waals surface area contributed by atoms with Crippen LogP contribution in [0.4, 0.5) is 0 Å². The summed E-state index contributed by atoms with van der Waals surface area (Å²) in [6, 6.07) is 2.33. The highest BCUT2D eigenvalue weighted by atomic mass is 16.7. The predicted molar refractivity (Wildman–Crippen MR) is 60.2 cm³/mol. The highest BCUT2D eigenvalue weighted by Crippen LogP contribution is 2.18. The summed E-state index contributed by atoms with van der Waals surface area (Å²) in [5, 5.41) is 8.94. The van der Waals surface area contributed by atoms with E-state index in [0.717, 1.165) is 12.8 Å². The van der Waals surface area contributed by atoms with Gasteiger partial charge in [0.25, 0.3) is 0 Å². The van der Waals surface area contributed by atoms with Crippen LogP contribution in [0.1, 0.15) is 40.5 Å². The molecule has 0 heterocycles. The minimum atomic E-state index is -0.144. The van der Waals surface area contributed by atoms with Crippen molar-refractivity contribution in [3.05, 3.63) is 0 Å². The molecule has 0 spiro atoms. The fraction of sp³-hybridized carbons (Fsp3) is 0.917. The van der Waals surface area contributed by atoms with E-state index in [1.807, 2.05) is 13.8 Å². The van der Waals surface area contributed by atoms with Crippen LogP contribution >= 0.6 is 0 Å². The molecule has 88 valence electrons. The van der Waals surface area contributed by atoms with Gasteiger partial charge in [0, 0.05) is 19.1 Å². The highest BCUT2D eigenvalue weighted by Gasteiger charge is 2.16. The minimum Gasteiger partial charge on any atom is -0.353 e. The minimum absolute atomic E-state index is 0.105. The van der Waals surface area contributed by atoms with E-state index in [4.69, 9.17) is 14.7 Å². The SMILES string of the molecule is CCOC(CC[C@H](C#N)C(C)C)OCC. The van der Waals surface area contributed by atoms with Gasteiger partial charge in [-0.2, -0.15) is 5.26 Å². The average Bonchev–Trinajstić information content (AvgIpc) is 2.18. The summed E-state index contributed by atoms with van der Waals surface area (Å²) in [5.74, 6) is 0.507. The maximum absolute atomic E-state index is 8.94. The highest BCUT2D eigenvalue weighted by molar-refractivity contribution is 4.84. The Morgan fingerprint density at radius 3 is 1.93 bits per heavy atom. The number of nitriles is 1. The maximum atomic E-state index is 8.94. The Morgan fingerprint density at radius 2 is 1.60 bits per heavy atom. The molecule has 0 saturated carbocycles. The fourth-order valence-corrected chi connectivity index (χ4v) is 1.45. The van der Waals surface area contributed by atoms with Gasteiger partial charge in [-0.05, 0) is 32.6 Å². The molecule has 0 fully saturated rings. The summed E-state index contributed by atoms with van der Waals surface area (Å²) in [4.78, 5) is 0. The van der Waals surface area contributed by atoms with Crippen molar-refractivity contribution >= 4 is 0 Å². The van der Waals surface area contributed by atoms with Gasteiger partial charge in [-0.25, -0.2) is 0 Å². The number of rotatable bonds is 8. The molecule has 0 aromatic carbocycles. The zero-order chi connectivity index (χ0) is 11.7. The Bertz CT molecular complexity index is 181. The second kappa shape index (κ2) is 8.70. The standard InChI is InChI=1S/C12H23NO2/c1-5-14-12(15-6-2)8-7-11(9-13)10(3)4/h10-12H,5-8H2,1-4H3/t11-/m1/s1. The van der Waals surface area contributed by atoms with Crippen molar-refractivity contribution in [2.75, 3.05) is 13.2 Å². The third kappa shape index (κ3) is 6.48. The van der Waals surface area contributed by atoms with Crippen LogP contribution in [-0.4, -0.2) is 19.5 Å². The number of hydrogen-bond acceptors (Lipinski definition) is 3. The largest absolute Gasteiger partial charge is 0.353 e. The van der Waals surface area contributed by atoms with E-state index in [2.05, 4.69) is 19.9 Å². The van der Waals surface area contributed by atoms with E-state index < -0.39 is 0 Å². The Hall–Kier alpha value is -0.590. The Labute approximate surface area is 93.4 Å². The van der Waals surface area contributed by atoms with Gasteiger partial charge in [-0.15, -0.1) is 0 Å². The van der Waals surface area contributed by atoms with Crippen molar-refractivity contribution in [1.29, 1.82) is 5.26 Å². The van der Waals surface area contributed by atoms with Crippen LogP contribution in [0.2, 0.25) is 0 Å². The lowest BCUT2D eigenvalue weighted by atomic mass is 9.92. The van der Waals surface area contributed by atoms with Gasteiger partial charge in [-0.1, -0.05) is 13.8 Å². The molecule has 0 aliphatic carbocycles. The first-order valence-corrected chi connectivity index (χ1v) is 5.78. The molecule has 0 saturated heterocycles. The first-order chi connectivity index (χ1) is 7.15.